The van der Waals surface area contributed by atoms with E-state index in [-0.39, 0.29) is 5.92 Å². The van der Waals surface area contributed by atoms with E-state index in [0.29, 0.717) is 11.1 Å². The molecule has 3 N–H and O–H groups in total. The summed E-state index contributed by atoms with van der Waals surface area (Å²) in [4.78, 5) is 25.1. The van der Waals surface area contributed by atoms with E-state index in [9.17, 15) is 9.59 Å². The van der Waals surface area contributed by atoms with Crippen molar-refractivity contribution in [1.82, 2.24) is 5.32 Å². The first-order valence-corrected chi connectivity index (χ1v) is 8.88. The molecule has 0 aliphatic heterocycles. The van der Waals surface area contributed by atoms with Gasteiger partial charge >= 0.3 is 0 Å². The Morgan fingerprint density at radius 2 is 1.43 bits per heavy atom. The second-order valence-corrected chi connectivity index (χ2v) is 6.69. The Balaban J connectivity index is 1.71. The minimum Gasteiger partial charge on any atom is -0.368 e. The number of hydrogen-bond acceptors (Lipinski definition) is 3. The number of nitriles is 1. The largest absolute Gasteiger partial charge is 0.368 e. The van der Waals surface area contributed by atoms with E-state index in [1.54, 1.807) is 24.3 Å². The Kier molecular flexibility index (Phi) is 4.38. The lowest BCUT2D eigenvalue weighted by Gasteiger charge is -2.24. The van der Waals surface area contributed by atoms with Gasteiger partial charge in [-0.2, -0.15) is 5.26 Å². The van der Waals surface area contributed by atoms with E-state index in [2.05, 4.69) is 5.32 Å². The lowest BCUT2D eigenvalue weighted by molar-refractivity contribution is -0.120. The average molecular weight is 367 g/mol. The van der Waals surface area contributed by atoms with Crippen molar-refractivity contribution in [2.24, 2.45) is 5.73 Å². The van der Waals surface area contributed by atoms with Crippen LogP contribution >= 0.6 is 0 Å². The molecule has 28 heavy (non-hydrogen) atoms. The van der Waals surface area contributed by atoms with Gasteiger partial charge in [-0.1, -0.05) is 48.5 Å². The van der Waals surface area contributed by atoms with Crippen molar-refractivity contribution in [3.05, 3.63) is 95.1 Å². The first-order valence-electron chi connectivity index (χ1n) is 8.88. The molecule has 0 saturated carbocycles. The van der Waals surface area contributed by atoms with Gasteiger partial charge in [0.25, 0.3) is 5.91 Å². The van der Waals surface area contributed by atoms with Crippen molar-refractivity contribution in [3.8, 4) is 17.2 Å². The number of nitrogens with zero attached hydrogens (tertiary/aromatic N) is 1. The number of nitrogens with one attached hydrogen (secondary N) is 1. The van der Waals surface area contributed by atoms with Gasteiger partial charge in [0.15, 0.2) is 0 Å². The molecular weight excluding hydrogens is 350 g/mol. The third-order valence-corrected chi connectivity index (χ3v) is 5.08. The van der Waals surface area contributed by atoms with Crippen molar-refractivity contribution in [2.45, 2.75) is 12.0 Å². The summed E-state index contributed by atoms with van der Waals surface area (Å²) >= 11 is 0. The molecule has 4 rings (SSSR count). The van der Waals surface area contributed by atoms with Crippen LogP contribution in [0.1, 0.15) is 33.0 Å². The zero-order chi connectivity index (χ0) is 19.7. The van der Waals surface area contributed by atoms with Gasteiger partial charge in [0.05, 0.1) is 11.6 Å². The van der Waals surface area contributed by atoms with Crippen LogP contribution in [0.3, 0.4) is 0 Å². The average Bonchev–Trinajstić information content (AvgIpc) is 3.06. The van der Waals surface area contributed by atoms with E-state index in [1.165, 1.54) is 0 Å². The highest BCUT2D eigenvalue weighted by atomic mass is 16.2. The topological polar surface area (TPSA) is 96.0 Å². The molecule has 1 aliphatic rings. The normalized spacial score (nSPS) is 13.1. The Bertz CT molecular complexity index is 1070. The summed E-state index contributed by atoms with van der Waals surface area (Å²) in [7, 11) is 0. The van der Waals surface area contributed by atoms with Gasteiger partial charge in [-0.15, -0.1) is 0 Å². The van der Waals surface area contributed by atoms with E-state index >= 15 is 0 Å². The maximum atomic E-state index is 12.7. The summed E-state index contributed by atoms with van der Waals surface area (Å²) < 4.78 is 0. The predicted molar refractivity (Wildman–Crippen MR) is 105 cm³/mol. The first-order chi connectivity index (χ1) is 13.6. The zero-order valence-electron chi connectivity index (χ0n) is 14.9. The second-order valence-electron chi connectivity index (χ2n) is 6.69. The third kappa shape index (κ3) is 2.91. The Hall–Kier alpha value is -3.91. The van der Waals surface area contributed by atoms with Crippen molar-refractivity contribution < 1.29 is 9.59 Å². The minimum absolute atomic E-state index is 0.354. The molecule has 136 valence electrons. The predicted octanol–water partition coefficient (Wildman–Crippen LogP) is 2.95. The van der Waals surface area contributed by atoms with Crippen LogP contribution in [0.5, 0.6) is 0 Å². The molecule has 1 atom stereocenters. The molecule has 5 heteroatoms. The zero-order valence-corrected chi connectivity index (χ0v) is 14.9. The van der Waals surface area contributed by atoms with Crippen LogP contribution in [0.15, 0.2) is 72.8 Å². The van der Waals surface area contributed by atoms with E-state index in [1.807, 2.05) is 54.6 Å². The lowest BCUT2D eigenvalue weighted by Crippen LogP contribution is -2.48. The molecule has 5 nitrogen and oxygen atoms in total. The van der Waals surface area contributed by atoms with Crippen LogP contribution < -0.4 is 11.1 Å². The smallest absolute Gasteiger partial charge is 0.251 e. The molecule has 0 unspecified atom stereocenters. The second kappa shape index (κ2) is 7.01. The Morgan fingerprint density at radius 3 is 1.93 bits per heavy atom. The summed E-state index contributed by atoms with van der Waals surface area (Å²) in [6.45, 7) is 0. The van der Waals surface area contributed by atoms with Gasteiger partial charge in [0.2, 0.25) is 5.91 Å². The lowest BCUT2D eigenvalue weighted by atomic mass is 9.88. The van der Waals surface area contributed by atoms with Crippen molar-refractivity contribution in [2.75, 3.05) is 0 Å². The van der Waals surface area contributed by atoms with Gasteiger partial charge in [-0.25, -0.2) is 0 Å². The number of fused-ring (bicyclic) bond motifs is 3. The van der Waals surface area contributed by atoms with E-state index in [0.717, 1.165) is 22.3 Å². The van der Waals surface area contributed by atoms with Crippen molar-refractivity contribution in [1.29, 1.82) is 5.26 Å². The number of nitrogens with two attached hydrogens (primary N) is 1. The van der Waals surface area contributed by atoms with Crippen LogP contribution in [0.25, 0.3) is 11.1 Å². The molecule has 0 spiro atoms. The van der Waals surface area contributed by atoms with Gasteiger partial charge < -0.3 is 11.1 Å². The fourth-order valence-corrected chi connectivity index (χ4v) is 3.79. The summed E-state index contributed by atoms with van der Waals surface area (Å²) in [6.07, 6.45) is 0. The summed E-state index contributed by atoms with van der Waals surface area (Å²) in [5.74, 6) is -1.36. The number of amides is 2. The Morgan fingerprint density at radius 1 is 0.893 bits per heavy atom. The third-order valence-electron chi connectivity index (χ3n) is 5.08. The molecule has 0 aromatic heterocycles. The molecule has 0 saturated heterocycles. The maximum Gasteiger partial charge on any atom is 0.251 e. The number of primary amides is 1. The van der Waals surface area contributed by atoms with Gasteiger partial charge in [0, 0.05) is 11.5 Å². The van der Waals surface area contributed by atoms with Crippen LogP contribution in [0.4, 0.5) is 0 Å². The van der Waals surface area contributed by atoms with Crippen LogP contribution in [-0.4, -0.2) is 17.9 Å². The monoisotopic (exact) mass is 367 g/mol. The number of carbonyl (C=O) groups is 2. The standard InChI is InChI=1S/C23H17N3O2/c24-13-14-9-11-15(12-10-14)23(28)26-21(22(25)27)20-18-7-3-1-5-16(18)17-6-2-4-8-19(17)20/h1-12,20-21H,(H2,25,27)(H,26,28)/t21-/m0/s1. The molecule has 0 fully saturated rings. The first kappa shape index (κ1) is 17.5. The number of hydrogen-bond donors (Lipinski definition) is 2. The quantitative estimate of drug-likeness (QED) is 0.742. The van der Waals surface area contributed by atoms with Crippen LogP contribution in [0.2, 0.25) is 0 Å². The van der Waals surface area contributed by atoms with Gasteiger partial charge in [-0.05, 0) is 46.5 Å². The molecule has 0 bridgehead atoms. The van der Waals surface area contributed by atoms with Crippen molar-refractivity contribution in [3.63, 3.8) is 0 Å². The van der Waals surface area contributed by atoms with Gasteiger partial charge in [-0.3, -0.25) is 9.59 Å². The summed E-state index contributed by atoms with van der Waals surface area (Å²) in [5, 5.41) is 11.7. The molecular formula is C23H17N3O2. The SMILES string of the molecule is N#Cc1ccc(C(=O)N[C@H](C(N)=O)C2c3ccccc3-c3ccccc32)cc1. The highest BCUT2D eigenvalue weighted by molar-refractivity contribution is 5.98. The molecule has 0 radical (unpaired) electrons. The molecule has 3 aromatic rings. The van der Waals surface area contributed by atoms with Crippen molar-refractivity contribution >= 4 is 11.8 Å². The molecule has 2 amide bonds. The number of rotatable bonds is 4. The fraction of sp³-hybridized carbons (Fsp3) is 0.0870. The number of carbonyl (C=O) groups excluding carboxylic acids is 2. The maximum absolute atomic E-state index is 12.7. The minimum atomic E-state index is -0.895. The molecule has 0 heterocycles. The van der Waals surface area contributed by atoms with Crippen LogP contribution in [-0.2, 0) is 4.79 Å². The number of benzene rings is 3. The van der Waals surface area contributed by atoms with E-state index in [4.69, 9.17) is 11.0 Å². The highest BCUT2D eigenvalue weighted by Crippen LogP contribution is 2.46. The molecule has 1 aliphatic carbocycles. The fourth-order valence-electron chi connectivity index (χ4n) is 3.79. The molecule has 3 aromatic carbocycles. The van der Waals surface area contributed by atoms with Crippen LogP contribution in [0, 0.1) is 11.3 Å². The summed E-state index contributed by atoms with van der Waals surface area (Å²) in [5.41, 5.74) is 10.5. The highest BCUT2D eigenvalue weighted by Gasteiger charge is 2.37. The summed E-state index contributed by atoms with van der Waals surface area (Å²) in [6, 6.07) is 23.0. The van der Waals surface area contributed by atoms with E-state index < -0.39 is 17.9 Å². The van der Waals surface area contributed by atoms with Gasteiger partial charge in [0.1, 0.15) is 6.04 Å². The Labute approximate surface area is 162 Å².